The fraction of sp³-hybridized carbons (Fsp3) is 0.400. The van der Waals surface area contributed by atoms with Crippen molar-refractivity contribution in [3.63, 3.8) is 0 Å². The topological polar surface area (TPSA) is 107 Å². The smallest absolute Gasteiger partial charge is 0.322 e. The van der Waals surface area contributed by atoms with E-state index in [1.54, 1.807) is 46.2 Å². The number of anilines is 1. The zero-order valence-electron chi connectivity index (χ0n) is 16.3. The molecule has 3 atom stereocenters. The Kier molecular flexibility index (Phi) is 4.82. The third-order valence-corrected chi connectivity index (χ3v) is 5.93. The predicted octanol–water partition coefficient (Wildman–Crippen LogP) is 4.29. The number of hydrogen-bond donors (Lipinski definition) is 3. The molecule has 1 aromatic heterocycles. The molecule has 9 heteroatoms. The first-order valence-corrected chi connectivity index (χ1v) is 9.90. The van der Waals surface area contributed by atoms with E-state index in [1.807, 2.05) is 0 Å². The second-order valence-corrected chi connectivity index (χ2v) is 8.25. The van der Waals surface area contributed by atoms with E-state index in [0.29, 0.717) is 35.2 Å². The number of likely N-dealkylation sites (tertiary alicyclic amines) is 1. The van der Waals surface area contributed by atoms with Gasteiger partial charge in [-0.3, -0.25) is 10.8 Å². The van der Waals surface area contributed by atoms with Crippen molar-refractivity contribution in [3.05, 3.63) is 41.7 Å². The van der Waals surface area contributed by atoms with Crippen LogP contribution in [0, 0.1) is 16.7 Å². The van der Waals surface area contributed by atoms with E-state index in [9.17, 15) is 4.79 Å². The highest BCUT2D eigenvalue weighted by atomic mass is 35.5. The minimum atomic E-state index is -0.786. The summed E-state index contributed by atoms with van der Waals surface area (Å²) >= 11 is 6.28. The molecule has 2 heterocycles. The van der Waals surface area contributed by atoms with Crippen LogP contribution in [0.5, 0.6) is 0 Å². The van der Waals surface area contributed by atoms with Crippen LogP contribution in [-0.2, 0) is 4.74 Å². The van der Waals surface area contributed by atoms with Crippen molar-refractivity contribution in [1.82, 2.24) is 14.7 Å². The molecule has 1 saturated heterocycles. The molecule has 1 aromatic carbocycles. The van der Waals surface area contributed by atoms with Crippen LogP contribution in [0.15, 0.2) is 36.7 Å². The summed E-state index contributed by atoms with van der Waals surface area (Å²) in [5, 5.41) is 23.6. The van der Waals surface area contributed by atoms with Crippen LogP contribution >= 0.6 is 11.6 Å². The molecule has 3 unspecified atom stereocenters. The molecule has 2 aromatic rings. The van der Waals surface area contributed by atoms with Crippen LogP contribution in [-0.4, -0.2) is 44.1 Å². The Balaban J connectivity index is 1.57. The molecule has 2 bridgehead atoms. The van der Waals surface area contributed by atoms with Crippen LogP contribution < -0.4 is 5.32 Å². The van der Waals surface area contributed by atoms with E-state index in [1.165, 1.54) is 6.92 Å². The van der Waals surface area contributed by atoms with E-state index in [-0.39, 0.29) is 23.9 Å². The predicted molar refractivity (Wildman–Crippen MR) is 111 cm³/mol. The van der Waals surface area contributed by atoms with Gasteiger partial charge in [0.25, 0.3) is 0 Å². The third-order valence-electron chi connectivity index (χ3n) is 5.61. The van der Waals surface area contributed by atoms with Gasteiger partial charge in [0.2, 0.25) is 5.90 Å². The van der Waals surface area contributed by atoms with Gasteiger partial charge in [-0.05, 0) is 43.0 Å². The first-order chi connectivity index (χ1) is 13.8. The highest BCUT2D eigenvalue weighted by molar-refractivity contribution is 6.32. The molecule has 2 aliphatic rings. The van der Waals surface area contributed by atoms with Crippen molar-refractivity contribution in [2.24, 2.45) is 5.92 Å². The zero-order valence-corrected chi connectivity index (χ0v) is 17.0. The van der Waals surface area contributed by atoms with Crippen molar-refractivity contribution in [1.29, 1.82) is 10.8 Å². The second kappa shape index (κ2) is 7.18. The van der Waals surface area contributed by atoms with Gasteiger partial charge in [0.05, 0.1) is 10.7 Å². The number of urea groups is 1. The first-order valence-electron chi connectivity index (χ1n) is 9.52. The first kappa shape index (κ1) is 19.4. The number of nitrogens with zero attached hydrogens (tertiary/aromatic N) is 3. The quantitative estimate of drug-likeness (QED) is 0.515. The fourth-order valence-electron chi connectivity index (χ4n) is 4.58. The molecule has 8 nitrogen and oxygen atoms in total. The molecule has 1 saturated carbocycles. The number of aromatic nitrogens is 2. The number of fused-ring (bicyclic) bond motifs is 2. The summed E-state index contributed by atoms with van der Waals surface area (Å²) in [6.45, 7) is 3.61. The summed E-state index contributed by atoms with van der Waals surface area (Å²) in [6, 6.07) is 6.80. The maximum absolute atomic E-state index is 13.1. The maximum atomic E-state index is 13.1. The van der Waals surface area contributed by atoms with Gasteiger partial charge in [-0.25, -0.2) is 9.48 Å². The molecule has 2 amide bonds. The van der Waals surface area contributed by atoms with Crippen molar-refractivity contribution in [3.8, 4) is 5.69 Å². The SMILES string of the molecule is CC(=N)OC(=N)C12CC(C)CC(C1)N2C(=O)Nc1ccc(Cl)c(-n2cccn2)c1. The van der Waals surface area contributed by atoms with Gasteiger partial charge in [-0.1, -0.05) is 18.5 Å². The van der Waals surface area contributed by atoms with Crippen LogP contribution in [0.25, 0.3) is 5.69 Å². The third kappa shape index (κ3) is 3.37. The lowest BCUT2D eigenvalue weighted by atomic mass is 9.64. The maximum Gasteiger partial charge on any atom is 0.322 e. The van der Waals surface area contributed by atoms with Crippen LogP contribution in [0.4, 0.5) is 10.5 Å². The van der Waals surface area contributed by atoms with Crippen molar-refractivity contribution < 1.29 is 9.53 Å². The van der Waals surface area contributed by atoms with Gasteiger partial charge in [0.15, 0.2) is 5.90 Å². The molecule has 152 valence electrons. The lowest BCUT2D eigenvalue weighted by Crippen LogP contribution is -2.75. The standard InChI is InChI=1S/C20H23ClN6O2/c1-12-8-15-11-20(10-12,18(23)29-13(2)22)27(15)19(28)25-14-4-5-16(21)17(9-14)26-7-3-6-24-26/h3-7,9,12,15,22-23H,8,10-11H2,1-2H3,(H,25,28). The van der Waals surface area contributed by atoms with Gasteiger partial charge >= 0.3 is 6.03 Å². The molecule has 4 rings (SSSR count). The van der Waals surface area contributed by atoms with Gasteiger partial charge in [-0.15, -0.1) is 0 Å². The molecular weight excluding hydrogens is 392 g/mol. The van der Waals surface area contributed by atoms with E-state index in [2.05, 4.69) is 17.3 Å². The minimum Gasteiger partial charge on any atom is -0.428 e. The molecule has 1 aliphatic heterocycles. The van der Waals surface area contributed by atoms with E-state index >= 15 is 0 Å². The number of rotatable bonds is 3. The van der Waals surface area contributed by atoms with E-state index in [4.69, 9.17) is 27.2 Å². The number of hydrogen-bond acceptors (Lipinski definition) is 5. The summed E-state index contributed by atoms with van der Waals surface area (Å²) in [6.07, 6.45) is 5.68. The van der Waals surface area contributed by atoms with Gasteiger partial charge in [0, 0.05) is 37.5 Å². The number of halogens is 1. The average Bonchev–Trinajstić information content (AvgIpc) is 3.16. The number of benzene rings is 1. The van der Waals surface area contributed by atoms with Crippen LogP contribution in [0.3, 0.4) is 0 Å². The second-order valence-electron chi connectivity index (χ2n) is 7.84. The lowest BCUT2D eigenvalue weighted by molar-refractivity contribution is -0.0539. The molecule has 0 radical (unpaired) electrons. The fourth-order valence-corrected chi connectivity index (χ4v) is 4.78. The highest BCUT2D eigenvalue weighted by Crippen LogP contribution is 2.50. The molecule has 3 N–H and O–H groups in total. The number of piperidine rings is 1. The Morgan fingerprint density at radius 3 is 2.86 bits per heavy atom. The molecule has 1 aliphatic carbocycles. The number of carbonyl (C=O) groups is 1. The van der Waals surface area contributed by atoms with Crippen LogP contribution in [0.1, 0.15) is 33.1 Å². The summed E-state index contributed by atoms with van der Waals surface area (Å²) in [4.78, 5) is 14.9. The molecular formula is C20H23ClN6O2. The summed E-state index contributed by atoms with van der Waals surface area (Å²) in [5.41, 5.74) is 0.470. The Morgan fingerprint density at radius 1 is 1.38 bits per heavy atom. The Morgan fingerprint density at radius 2 is 2.17 bits per heavy atom. The average molecular weight is 415 g/mol. The number of ether oxygens (including phenoxy) is 1. The lowest BCUT2D eigenvalue weighted by Gasteiger charge is -2.62. The van der Waals surface area contributed by atoms with E-state index < -0.39 is 5.54 Å². The number of amides is 2. The van der Waals surface area contributed by atoms with Gasteiger partial charge in [0.1, 0.15) is 5.54 Å². The number of nitrogens with one attached hydrogen (secondary N) is 3. The molecule has 0 spiro atoms. The summed E-state index contributed by atoms with van der Waals surface area (Å²) < 4.78 is 6.94. The Hall–Kier alpha value is -2.87. The van der Waals surface area contributed by atoms with Gasteiger partial charge in [-0.2, -0.15) is 5.10 Å². The minimum absolute atomic E-state index is 0.0312. The monoisotopic (exact) mass is 414 g/mol. The normalized spacial score (nSPS) is 25.1. The molecule has 2 fully saturated rings. The molecule has 29 heavy (non-hydrogen) atoms. The van der Waals surface area contributed by atoms with Crippen molar-refractivity contribution in [2.45, 2.75) is 44.7 Å². The van der Waals surface area contributed by atoms with Gasteiger partial charge < -0.3 is 15.0 Å². The van der Waals surface area contributed by atoms with Crippen molar-refractivity contribution >= 4 is 35.1 Å². The highest BCUT2D eigenvalue weighted by Gasteiger charge is 2.62. The van der Waals surface area contributed by atoms with Crippen molar-refractivity contribution in [2.75, 3.05) is 5.32 Å². The summed E-state index contributed by atoms with van der Waals surface area (Å²) in [7, 11) is 0. The van der Waals surface area contributed by atoms with E-state index in [0.717, 1.165) is 6.42 Å². The largest absolute Gasteiger partial charge is 0.428 e. The zero-order chi connectivity index (χ0) is 20.8. The Labute approximate surface area is 173 Å². The van der Waals surface area contributed by atoms with Crippen LogP contribution in [0.2, 0.25) is 5.02 Å². The summed E-state index contributed by atoms with van der Waals surface area (Å²) in [5.74, 6) is 0.305. The number of carbonyl (C=O) groups excluding carboxylic acids is 1. The Bertz CT molecular complexity index is 975.